The molecule has 0 aliphatic rings. The number of hydrogen-bond acceptors (Lipinski definition) is 3. The summed E-state index contributed by atoms with van der Waals surface area (Å²) < 4.78 is 2.81. The van der Waals surface area contributed by atoms with E-state index in [9.17, 15) is 9.59 Å². The summed E-state index contributed by atoms with van der Waals surface area (Å²) in [5.74, 6) is 0. The zero-order chi connectivity index (χ0) is 11.0. The lowest BCUT2D eigenvalue weighted by molar-refractivity contribution is 0.620. The molecule has 2 aromatic rings. The molecule has 0 aliphatic heterocycles. The second kappa shape index (κ2) is 3.38. The molecule has 6 nitrogen and oxygen atoms in total. The minimum Gasteiger partial charge on any atom is -0.328 e. The number of aromatic nitrogens is 4. The average Bonchev–Trinajstić information content (AvgIpc) is 2.54. The van der Waals surface area contributed by atoms with Gasteiger partial charge in [0, 0.05) is 13.6 Å². The Hall–Kier alpha value is -1.85. The molecule has 0 radical (unpaired) electrons. The maximum Gasteiger partial charge on any atom is 0.330 e. The second-order valence-electron chi connectivity index (χ2n) is 3.44. The predicted octanol–water partition coefficient (Wildman–Crippen LogP) is -0.167. The molecule has 0 unspecified atom stereocenters. The van der Waals surface area contributed by atoms with E-state index >= 15 is 0 Å². The Kier molecular flexibility index (Phi) is 2.18. The van der Waals surface area contributed by atoms with E-state index in [2.05, 4.69) is 9.97 Å². The molecule has 0 bridgehead atoms. The Labute approximate surface area is 85.2 Å². The normalized spacial score (nSPS) is 11.1. The number of hydrogen-bond donors (Lipinski definition) is 1. The van der Waals surface area contributed by atoms with Crippen LogP contribution >= 0.6 is 0 Å². The van der Waals surface area contributed by atoms with Gasteiger partial charge >= 0.3 is 5.69 Å². The molecule has 2 heterocycles. The first-order chi connectivity index (χ1) is 7.15. The molecular weight excluding hydrogens is 196 g/mol. The van der Waals surface area contributed by atoms with Crippen molar-refractivity contribution in [3.8, 4) is 0 Å². The van der Waals surface area contributed by atoms with Crippen molar-refractivity contribution < 1.29 is 0 Å². The summed E-state index contributed by atoms with van der Waals surface area (Å²) in [5, 5.41) is 0. The topological polar surface area (TPSA) is 72.7 Å². The van der Waals surface area contributed by atoms with Crippen LogP contribution in [0.4, 0.5) is 0 Å². The van der Waals surface area contributed by atoms with Crippen molar-refractivity contribution in [2.45, 2.75) is 19.9 Å². The van der Waals surface area contributed by atoms with Crippen LogP contribution in [0, 0.1) is 0 Å². The Balaban J connectivity index is 2.88. The van der Waals surface area contributed by atoms with Crippen LogP contribution in [0.5, 0.6) is 0 Å². The van der Waals surface area contributed by atoms with Crippen molar-refractivity contribution >= 4 is 11.2 Å². The third-order valence-electron chi connectivity index (χ3n) is 2.30. The van der Waals surface area contributed by atoms with E-state index in [1.807, 2.05) is 6.92 Å². The molecule has 15 heavy (non-hydrogen) atoms. The fraction of sp³-hybridized carbons (Fsp3) is 0.444. The van der Waals surface area contributed by atoms with Gasteiger partial charge in [-0.3, -0.25) is 14.3 Å². The molecule has 0 atom stereocenters. The first-order valence-corrected chi connectivity index (χ1v) is 4.79. The third kappa shape index (κ3) is 1.38. The van der Waals surface area contributed by atoms with Crippen LogP contribution in [0.15, 0.2) is 15.9 Å². The SMILES string of the molecule is CCCn1c(=O)[nH]c2ncn(C)c2c1=O. The van der Waals surface area contributed by atoms with Gasteiger partial charge in [0.1, 0.15) is 0 Å². The lowest BCUT2D eigenvalue weighted by Gasteiger charge is -2.02. The number of fused-ring (bicyclic) bond motifs is 1. The Bertz CT molecular complexity index is 605. The van der Waals surface area contributed by atoms with Crippen LogP contribution in [0.2, 0.25) is 0 Å². The van der Waals surface area contributed by atoms with Gasteiger partial charge in [-0.1, -0.05) is 6.92 Å². The number of aromatic amines is 1. The van der Waals surface area contributed by atoms with E-state index in [4.69, 9.17) is 0 Å². The van der Waals surface area contributed by atoms with Gasteiger partial charge in [0.2, 0.25) is 0 Å². The minimum absolute atomic E-state index is 0.282. The third-order valence-corrected chi connectivity index (χ3v) is 2.30. The zero-order valence-corrected chi connectivity index (χ0v) is 8.65. The number of aryl methyl sites for hydroxylation is 1. The first-order valence-electron chi connectivity index (χ1n) is 4.79. The summed E-state index contributed by atoms with van der Waals surface area (Å²) in [6.07, 6.45) is 2.25. The Morgan fingerprint density at radius 1 is 1.47 bits per heavy atom. The van der Waals surface area contributed by atoms with Crippen molar-refractivity contribution in [1.82, 2.24) is 19.1 Å². The summed E-state index contributed by atoms with van der Waals surface area (Å²) in [4.78, 5) is 29.9. The van der Waals surface area contributed by atoms with E-state index in [-0.39, 0.29) is 5.56 Å². The van der Waals surface area contributed by atoms with Crippen LogP contribution in [0.3, 0.4) is 0 Å². The minimum atomic E-state index is -0.395. The molecule has 0 amide bonds. The molecule has 2 aromatic heterocycles. The summed E-state index contributed by atoms with van der Waals surface area (Å²) in [7, 11) is 1.73. The number of imidazole rings is 1. The zero-order valence-electron chi connectivity index (χ0n) is 8.65. The molecule has 0 saturated heterocycles. The van der Waals surface area contributed by atoms with Crippen LogP contribution in [0.1, 0.15) is 13.3 Å². The van der Waals surface area contributed by atoms with Gasteiger partial charge in [-0.2, -0.15) is 0 Å². The predicted molar refractivity (Wildman–Crippen MR) is 55.9 cm³/mol. The molecule has 6 heteroatoms. The molecule has 0 spiro atoms. The lowest BCUT2D eigenvalue weighted by Crippen LogP contribution is -2.35. The van der Waals surface area contributed by atoms with E-state index in [0.29, 0.717) is 17.7 Å². The van der Waals surface area contributed by atoms with Gasteiger partial charge in [-0.15, -0.1) is 0 Å². The molecule has 0 saturated carbocycles. The summed E-state index contributed by atoms with van der Waals surface area (Å²) in [5.41, 5.74) is 0.103. The maximum atomic E-state index is 11.9. The molecular formula is C9H12N4O2. The van der Waals surface area contributed by atoms with Crippen LogP contribution in [0.25, 0.3) is 11.2 Å². The van der Waals surface area contributed by atoms with Gasteiger partial charge in [0.15, 0.2) is 11.2 Å². The first kappa shape index (κ1) is 9.70. The highest BCUT2D eigenvalue weighted by Crippen LogP contribution is 1.99. The summed E-state index contributed by atoms with van der Waals surface area (Å²) >= 11 is 0. The van der Waals surface area contributed by atoms with Crippen LogP contribution in [-0.2, 0) is 13.6 Å². The largest absolute Gasteiger partial charge is 0.330 e. The Morgan fingerprint density at radius 3 is 2.87 bits per heavy atom. The molecule has 0 aliphatic carbocycles. The molecule has 1 N–H and O–H groups in total. The Morgan fingerprint density at radius 2 is 2.20 bits per heavy atom. The second-order valence-corrected chi connectivity index (χ2v) is 3.44. The van der Waals surface area contributed by atoms with Gasteiger partial charge in [0.05, 0.1) is 6.33 Å². The smallest absolute Gasteiger partial charge is 0.328 e. The highest BCUT2D eigenvalue weighted by atomic mass is 16.2. The monoisotopic (exact) mass is 208 g/mol. The fourth-order valence-electron chi connectivity index (χ4n) is 1.59. The molecule has 80 valence electrons. The van der Waals surface area contributed by atoms with E-state index in [1.54, 1.807) is 11.6 Å². The molecule has 2 rings (SSSR count). The lowest BCUT2D eigenvalue weighted by atomic mass is 10.4. The van der Waals surface area contributed by atoms with Crippen LogP contribution < -0.4 is 11.2 Å². The average molecular weight is 208 g/mol. The number of nitrogens with zero attached hydrogens (tertiary/aromatic N) is 3. The van der Waals surface area contributed by atoms with Crippen molar-refractivity contribution in [2.75, 3.05) is 0 Å². The number of H-pyrrole nitrogens is 1. The standard InChI is InChI=1S/C9H12N4O2/c1-3-4-13-8(14)6-7(11-9(13)15)10-5-12(6)2/h5H,3-4H2,1-2H3,(H,11,15). The number of rotatable bonds is 2. The quantitative estimate of drug-likeness (QED) is 0.744. The molecule has 0 fully saturated rings. The van der Waals surface area contributed by atoms with Gasteiger partial charge in [-0.05, 0) is 6.42 Å². The van der Waals surface area contributed by atoms with Gasteiger partial charge in [0.25, 0.3) is 5.56 Å². The van der Waals surface area contributed by atoms with E-state index < -0.39 is 5.69 Å². The number of nitrogens with one attached hydrogen (secondary N) is 1. The van der Waals surface area contributed by atoms with Crippen LogP contribution in [-0.4, -0.2) is 19.1 Å². The summed E-state index contributed by atoms with van der Waals surface area (Å²) in [6, 6.07) is 0. The highest BCUT2D eigenvalue weighted by Gasteiger charge is 2.10. The van der Waals surface area contributed by atoms with Crippen molar-refractivity contribution in [1.29, 1.82) is 0 Å². The van der Waals surface area contributed by atoms with Crippen molar-refractivity contribution in [3.05, 3.63) is 27.2 Å². The molecule has 0 aromatic carbocycles. The fourth-order valence-corrected chi connectivity index (χ4v) is 1.59. The van der Waals surface area contributed by atoms with Crippen molar-refractivity contribution in [2.24, 2.45) is 7.05 Å². The summed E-state index contributed by atoms with van der Waals surface area (Å²) in [6.45, 7) is 2.34. The maximum absolute atomic E-state index is 11.9. The van der Waals surface area contributed by atoms with E-state index in [1.165, 1.54) is 10.9 Å². The van der Waals surface area contributed by atoms with Gasteiger partial charge in [-0.25, -0.2) is 9.78 Å². The van der Waals surface area contributed by atoms with Gasteiger partial charge < -0.3 is 4.57 Å². The van der Waals surface area contributed by atoms with Crippen molar-refractivity contribution in [3.63, 3.8) is 0 Å². The highest BCUT2D eigenvalue weighted by molar-refractivity contribution is 5.68. The van der Waals surface area contributed by atoms with E-state index in [0.717, 1.165) is 6.42 Å².